The van der Waals surface area contributed by atoms with Crippen molar-refractivity contribution in [1.29, 1.82) is 0 Å². The lowest BCUT2D eigenvalue weighted by Crippen LogP contribution is -2.19. The lowest BCUT2D eigenvalue weighted by Gasteiger charge is -2.07. The Morgan fingerprint density at radius 2 is 1.58 bits per heavy atom. The zero-order chi connectivity index (χ0) is 16.9. The number of carbonyl (C=O) groups is 2. The summed E-state index contributed by atoms with van der Waals surface area (Å²) >= 11 is 0. The smallest absolute Gasteiger partial charge is 0.255 e. The Balaban J connectivity index is 1.72. The van der Waals surface area contributed by atoms with Gasteiger partial charge in [-0.1, -0.05) is 42.5 Å². The number of amides is 2. The summed E-state index contributed by atoms with van der Waals surface area (Å²) in [6, 6.07) is 20.9. The number of fused-ring (bicyclic) bond motifs is 1. The summed E-state index contributed by atoms with van der Waals surface area (Å²) in [4.78, 5) is 23.7. The van der Waals surface area contributed by atoms with E-state index in [0.29, 0.717) is 17.7 Å². The highest BCUT2D eigenvalue weighted by molar-refractivity contribution is 6.06. The maximum atomic E-state index is 12.4. The summed E-state index contributed by atoms with van der Waals surface area (Å²) in [7, 11) is 1.61. The summed E-state index contributed by atoms with van der Waals surface area (Å²) in [6.07, 6.45) is 0.329. The number of hydrogen-bond donors (Lipinski definition) is 2. The first kappa shape index (κ1) is 15.7. The second-order valence-electron chi connectivity index (χ2n) is 5.56. The van der Waals surface area contributed by atoms with Crippen LogP contribution in [0.2, 0.25) is 0 Å². The zero-order valence-electron chi connectivity index (χ0n) is 13.4. The van der Waals surface area contributed by atoms with Crippen LogP contribution in [-0.4, -0.2) is 18.9 Å². The van der Waals surface area contributed by atoms with E-state index in [4.69, 9.17) is 0 Å². The van der Waals surface area contributed by atoms with Gasteiger partial charge in [0.2, 0.25) is 5.91 Å². The standard InChI is InChI=1S/C20H18N2O2/c1-21-19(23)12-14-6-10-18(11-7-14)22-20(24)17-9-8-15-4-2-3-5-16(15)13-17/h2-11,13H,12H2,1H3,(H,21,23)(H,22,24). The van der Waals surface area contributed by atoms with Crippen molar-refractivity contribution in [3.63, 3.8) is 0 Å². The van der Waals surface area contributed by atoms with Crippen molar-refractivity contribution in [3.8, 4) is 0 Å². The molecule has 3 aromatic rings. The summed E-state index contributed by atoms with van der Waals surface area (Å²) < 4.78 is 0. The lowest BCUT2D eigenvalue weighted by molar-refractivity contribution is -0.119. The quantitative estimate of drug-likeness (QED) is 0.775. The van der Waals surface area contributed by atoms with E-state index in [1.165, 1.54) is 0 Å². The van der Waals surface area contributed by atoms with Crippen molar-refractivity contribution >= 4 is 28.3 Å². The Hall–Kier alpha value is -3.14. The third-order valence-corrected chi connectivity index (χ3v) is 3.87. The third-order valence-electron chi connectivity index (χ3n) is 3.87. The van der Waals surface area contributed by atoms with Gasteiger partial charge >= 0.3 is 0 Å². The molecule has 3 rings (SSSR count). The van der Waals surface area contributed by atoms with Gasteiger partial charge in [0.15, 0.2) is 0 Å². The Morgan fingerprint density at radius 3 is 2.29 bits per heavy atom. The summed E-state index contributed by atoms with van der Waals surface area (Å²) in [5.74, 6) is -0.192. The Bertz CT molecular complexity index is 886. The van der Waals surface area contributed by atoms with Crippen LogP contribution in [-0.2, 0) is 11.2 Å². The molecular formula is C20H18N2O2. The molecule has 0 heterocycles. The Kier molecular flexibility index (Phi) is 4.57. The van der Waals surface area contributed by atoms with Gasteiger partial charge in [0.1, 0.15) is 0 Å². The molecule has 120 valence electrons. The van der Waals surface area contributed by atoms with Crippen molar-refractivity contribution in [2.45, 2.75) is 6.42 Å². The molecule has 0 aliphatic carbocycles. The summed E-state index contributed by atoms with van der Waals surface area (Å²) in [5, 5.41) is 7.60. The molecule has 3 aromatic carbocycles. The maximum absolute atomic E-state index is 12.4. The maximum Gasteiger partial charge on any atom is 0.255 e. The van der Waals surface area contributed by atoms with Gasteiger partial charge in [-0.05, 0) is 40.6 Å². The molecule has 0 spiro atoms. The fourth-order valence-electron chi connectivity index (χ4n) is 2.51. The van der Waals surface area contributed by atoms with Crippen LogP contribution in [0.1, 0.15) is 15.9 Å². The molecule has 0 saturated heterocycles. The molecule has 24 heavy (non-hydrogen) atoms. The first-order valence-electron chi connectivity index (χ1n) is 7.75. The highest BCUT2D eigenvalue weighted by Crippen LogP contribution is 2.17. The van der Waals surface area contributed by atoms with Crippen molar-refractivity contribution in [2.24, 2.45) is 0 Å². The molecular weight excluding hydrogens is 300 g/mol. The average molecular weight is 318 g/mol. The van der Waals surface area contributed by atoms with Crippen molar-refractivity contribution in [2.75, 3.05) is 12.4 Å². The predicted molar refractivity (Wildman–Crippen MR) is 96.1 cm³/mol. The molecule has 0 aliphatic heterocycles. The molecule has 4 nitrogen and oxygen atoms in total. The number of hydrogen-bond acceptors (Lipinski definition) is 2. The second kappa shape index (κ2) is 6.96. The number of nitrogens with one attached hydrogen (secondary N) is 2. The van der Waals surface area contributed by atoms with Crippen molar-refractivity contribution < 1.29 is 9.59 Å². The van der Waals surface area contributed by atoms with E-state index in [-0.39, 0.29) is 11.8 Å². The largest absolute Gasteiger partial charge is 0.359 e. The Labute approximate surface area is 140 Å². The summed E-state index contributed by atoms with van der Waals surface area (Å²) in [6.45, 7) is 0. The molecule has 0 aliphatic rings. The molecule has 0 fully saturated rings. The van der Waals surface area contributed by atoms with Crippen LogP contribution >= 0.6 is 0 Å². The number of carbonyl (C=O) groups excluding carboxylic acids is 2. The minimum absolute atomic E-state index is 0.0389. The van der Waals surface area contributed by atoms with E-state index >= 15 is 0 Å². The van der Waals surface area contributed by atoms with E-state index in [1.54, 1.807) is 19.2 Å². The zero-order valence-corrected chi connectivity index (χ0v) is 13.4. The molecule has 0 unspecified atom stereocenters. The van der Waals surface area contributed by atoms with E-state index in [9.17, 15) is 9.59 Å². The van der Waals surface area contributed by atoms with Crippen molar-refractivity contribution in [3.05, 3.63) is 77.9 Å². The van der Waals surface area contributed by atoms with E-state index in [1.807, 2.05) is 54.6 Å². The van der Waals surface area contributed by atoms with Crippen LogP contribution in [0, 0.1) is 0 Å². The second-order valence-corrected chi connectivity index (χ2v) is 5.56. The first-order valence-corrected chi connectivity index (χ1v) is 7.75. The molecule has 0 radical (unpaired) electrons. The molecule has 0 bridgehead atoms. The minimum atomic E-state index is -0.153. The minimum Gasteiger partial charge on any atom is -0.359 e. The SMILES string of the molecule is CNC(=O)Cc1ccc(NC(=O)c2ccc3ccccc3c2)cc1. The molecule has 0 saturated carbocycles. The third kappa shape index (κ3) is 3.60. The van der Waals surface area contributed by atoms with Crippen LogP contribution in [0.25, 0.3) is 10.8 Å². The van der Waals surface area contributed by atoms with Crippen LogP contribution in [0.3, 0.4) is 0 Å². The highest BCUT2D eigenvalue weighted by atomic mass is 16.2. The van der Waals surface area contributed by atoms with Crippen LogP contribution < -0.4 is 10.6 Å². The molecule has 4 heteroatoms. The van der Waals surface area contributed by atoms with Crippen LogP contribution in [0.5, 0.6) is 0 Å². The summed E-state index contributed by atoms with van der Waals surface area (Å²) in [5.41, 5.74) is 2.22. The number of benzene rings is 3. The van der Waals surface area contributed by atoms with E-state index in [2.05, 4.69) is 10.6 Å². The number of rotatable bonds is 4. The van der Waals surface area contributed by atoms with Gasteiger partial charge in [0.25, 0.3) is 5.91 Å². The topological polar surface area (TPSA) is 58.2 Å². The first-order chi connectivity index (χ1) is 11.7. The van der Waals surface area contributed by atoms with Crippen LogP contribution in [0.4, 0.5) is 5.69 Å². The number of likely N-dealkylation sites (N-methyl/N-ethyl adjacent to an activating group) is 1. The van der Waals surface area contributed by atoms with Gasteiger partial charge in [0, 0.05) is 18.3 Å². The lowest BCUT2D eigenvalue weighted by atomic mass is 10.1. The van der Waals surface area contributed by atoms with E-state index in [0.717, 1.165) is 16.3 Å². The van der Waals surface area contributed by atoms with Gasteiger partial charge in [-0.15, -0.1) is 0 Å². The monoisotopic (exact) mass is 318 g/mol. The van der Waals surface area contributed by atoms with Crippen LogP contribution in [0.15, 0.2) is 66.7 Å². The van der Waals surface area contributed by atoms with Gasteiger partial charge < -0.3 is 10.6 Å². The van der Waals surface area contributed by atoms with E-state index < -0.39 is 0 Å². The van der Waals surface area contributed by atoms with Gasteiger partial charge in [-0.2, -0.15) is 0 Å². The van der Waals surface area contributed by atoms with Gasteiger partial charge in [-0.25, -0.2) is 0 Å². The van der Waals surface area contributed by atoms with Gasteiger partial charge in [0.05, 0.1) is 6.42 Å². The molecule has 0 aromatic heterocycles. The highest BCUT2D eigenvalue weighted by Gasteiger charge is 2.07. The predicted octanol–water partition coefficient (Wildman–Crippen LogP) is 3.38. The molecule has 2 N–H and O–H groups in total. The molecule has 0 atom stereocenters. The molecule has 2 amide bonds. The van der Waals surface area contributed by atoms with Crippen molar-refractivity contribution in [1.82, 2.24) is 5.32 Å². The average Bonchev–Trinajstić information content (AvgIpc) is 2.62. The normalized spacial score (nSPS) is 10.4. The fourth-order valence-corrected chi connectivity index (χ4v) is 2.51. The Morgan fingerprint density at radius 1 is 0.875 bits per heavy atom. The fraction of sp³-hybridized carbons (Fsp3) is 0.100. The van der Waals surface area contributed by atoms with Gasteiger partial charge in [-0.3, -0.25) is 9.59 Å². The number of anilines is 1.